The second kappa shape index (κ2) is 7.53. The summed E-state index contributed by atoms with van der Waals surface area (Å²) >= 11 is 0. The maximum Gasteiger partial charge on any atom is 0.338 e. The Morgan fingerprint density at radius 2 is 2.00 bits per heavy atom. The third-order valence-electron chi connectivity index (χ3n) is 2.72. The minimum Gasteiger partial charge on any atom is -0.478 e. The number of rotatable bonds is 6. The molecule has 0 unspecified atom stereocenters. The minimum atomic E-state index is -1.54. The van der Waals surface area contributed by atoms with Gasteiger partial charge in [0, 0.05) is 33.4 Å². The Labute approximate surface area is 120 Å². The molecule has 2 N–H and O–H groups in total. The molecule has 0 saturated heterocycles. The van der Waals surface area contributed by atoms with Crippen LogP contribution >= 0.6 is 0 Å². The Morgan fingerprint density at radius 3 is 2.57 bits per heavy atom. The molecule has 6 nitrogen and oxygen atoms in total. The average molecular weight is 302 g/mol. The molecule has 1 aromatic carbocycles. The van der Waals surface area contributed by atoms with Crippen LogP contribution in [-0.2, 0) is 4.74 Å². The van der Waals surface area contributed by atoms with Gasteiger partial charge in [0.15, 0.2) is 0 Å². The molecule has 0 fully saturated rings. The largest absolute Gasteiger partial charge is 0.478 e. The molecule has 116 valence electrons. The number of hydrogen-bond acceptors (Lipinski definition) is 3. The number of anilines is 1. The van der Waals surface area contributed by atoms with Crippen molar-refractivity contribution in [1.82, 2.24) is 4.90 Å². The van der Waals surface area contributed by atoms with Crippen LogP contribution in [0.4, 0.5) is 19.3 Å². The van der Waals surface area contributed by atoms with E-state index in [4.69, 9.17) is 9.84 Å². The number of nitrogens with one attached hydrogen (secondary N) is 1. The second-order valence-corrected chi connectivity index (χ2v) is 4.32. The first-order valence-electron chi connectivity index (χ1n) is 6.10. The monoisotopic (exact) mass is 302 g/mol. The van der Waals surface area contributed by atoms with Crippen LogP contribution in [0.1, 0.15) is 16.8 Å². The van der Waals surface area contributed by atoms with E-state index >= 15 is 0 Å². The lowest BCUT2D eigenvalue weighted by atomic mass is 10.2. The predicted octanol–water partition coefficient (Wildman–Crippen LogP) is 2.16. The molecule has 1 rings (SSSR count). The van der Waals surface area contributed by atoms with Crippen molar-refractivity contribution in [3.05, 3.63) is 29.3 Å². The number of carbonyl (C=O) groups is 2. The molecular formula is C13H16F2N2O4. The van der Waals surface area contributed by atoms with E-state index in [9.17, 15) is 18.4 Å². The van der Waals surface area contributed by atoms with Crippen molar-refractivity contribution < 1.29 is 28.2 Å². The third-order valence-corrected chi connectivity index (χ3v) is 2.72. The van der Waals surface area contributed by atoms with Crippen molar-refractivity contribution in [3.63, 3.8) is 0 Å². The number of amides is 2. The summed E-state index contributed by atoms with van der Waals surface area (Å²) in [7, 11) is 3.02. The van der Waals surface area contributed by atoms with E-state index in [2.05, 4.69) is 5.32 Å². The average Bonchev–Trinajstić information content (AvgIpc) is 2.41. The SMILES string of the molecule is COCCCN(C)C(=O)Nc1cc(C(=O)O)c(F)cc1F. The van der Waals surface area contributed by atoms with Gasteiger partial charge in [-0.2, -0.15) is 0 Å². The number of nitrogens with zero attached hydrogens (tertiary/aromatic N) is 1. The quantitative estimate of drug-likeness (QED) is 0.789. The highest BCUT2D eigenvalue weighted by Crippen LogP contribution is 2.20. The number of hydrogen-bond donors (Lipinski definition) is 2. The van der Waals surface area contributed by atoms with Crippen molar-refractivity contribution in [3.8, 4) is 0 Å². The molecule has 21 heavy (non-hydrogen) atoms. The summed E-state index contributed by atoms with van der Waals surface area (Å²) < 4.78 is 31.6. The van der Waals surface area contributed by atoms with E-state index in [1.807, 2.05) is 0 Å². The number of aromatic carboxylic acids is 1. The highest BCUT2D eigenvalue weighted by Gasteiger charge is 2.17. The zero-order valence-electron chi connectivity index (χ0n) is 11.7. The lowest BCUT2D eigenvalue weighted by molar-refractivity contribution is 0.0691. The van der Waals surface area contributed by atoms with Gasteiger partial charge in [-0.3, -0.25) is 0 Å². The summed E-state index contributed by atoms with van der Waals surface area (Å²) in [5.74, 6) is -3.79. The summed E-state index contributed by atoms with van der Waals surface area (Å²) in [5, 5.41) is 11.0. The van der Waals surface area contributed by atoms with E-state index in [0.29, 0.717) is 25.6 Å². The lowest BCUT2D eigenvalue weighted by Gasteiger charge is -2.18. The maximum atomic E-state index is 13.5. The van der Waals surface area contributed by atoms with Crippen LogP contribution in [-0.4, -0.2) is 49.3 Å². The molecule has 0 atom stereocenters. The fraction of sp³-hybridized carbons (Fsp3) is 0.385. The first kappa shape index (κ1) is 16.8. The number of benzene rings is 1. The van der Waals surface area contributed by atoms with Crippen molar-refractivity contribution >= 4 is 17.7 Å². The molecule has 0 saturated carbocycles. The highest BCUT2D eigenvalue weighted by atomic mass is 19.1. The van der Waals surface area contributed by atoms with Crippen LogP contribution in [0.25, 0.3) is 0 Å². The van der Waals surface area contributed by atoms with Crippen molar-refractivity contribution in [1.29, 1.82) is 0 Å². The van der Waals surface area contributed by atoms with E-state index in [1.165, 1.54) is 19.1 Å². The van der Waals surface area contributed by atoms with Gasteiger partial charge in [0.1, 0.15) is 11.6 Å². The number of halogens is 2. The molecule has 0 aliphatic heterocycles. The third kappa shape index (κ3) is 4.67. The van der Waals surface area contributed by atoms with Crippen molar-refractivity contribution in [2.45, 2.75) is 6.42 Å². The molecular weight excluding hydrogens is 286 g/mol. The summed E-state index contributed by atoms with van der Waals surface area (Å²) in [6.07, 6.45) is 0.590. The minimum absolute atomic E-state index is 0.369. The number of methoxy groups -OCH3 is 1. The van der Waals surface area contributed by atoms with Gasteiger partial charge in [-0.15, -0.1) is 0 Å². The molecule has 0 heterocycles. The van der Waals surface area contributed by atoms with E-state index in [0.717, 1.165) is 6.07 Å². The van der Waals surface area contributed by atoms with Gasteiger partial charge in [-0.1, -0.05) is 0 Å². The zero-order valence-corrected chi connectivity index (χ0v) is 11.7. The molecule has 0 bridgehead atoms. The second-order valence-electron chi connectivity index (χ2n) is 4.32. The molecule has 2 amide bonds. The Balaban J connectivity index is 2.80. The van der Waals surface area contributed by atoms with E-state index in [-0.39, 0.29) is 0 Å². The van der Waals surface area contributed by atoms with Gasteiger partial charge in [0.05, 0.1) is 11.3 Å². The summed E-state index contributed by atoms with van der Waals surface area (Å²) in [6.45, 7) is 0.833. The Morgan fingerprint density at radius 1 is 1.33 bits per heavy atom. The number of carboxylic acids is 1. The van der Waals surface area contributed by atoms with Crippen LogP contribution < -0.4 is 5.32 Å². The Bertz CT molecular complexity index is 537. The van der Waals surface area contributed by atoms with Crippen LogP contribution in [0, 0.1) is 11.6 Å². The smallest absolute Gasteiger partial charge is 0.338 e. The van der Waals surface area contributed by atoms with Gasteiger partial charge in [-0.05, 0) is 12.5 Å². The van der Waals surface area contributed by atoms with Gasteiger partial charge in [-0.25, -0.2) is 18.4 Å². The van der Waals surface area contributed by atoms with Gasteiger partial charge >= 0.3 is 12.0 Å². The standard InChI is InChI=1S/C13H16F2N2O4/c1-17(4-3-5-21-2)13(20)16-11-6-8(12(18)19)9(14)7-10(11)15/h6-7H,3-5H2,1-2H3,(H,16,20)(H,18,19). The zero-order chi connectivity index (χ0) is 16.0. The molecule has 0 aliphatic rings. The van der Waals surface area contributed by atoms with Crippen LogP contribution in [0.3, 0.4) is 0 Å². The number of carbonyl (C=O) groups excluding carboxylic acids is 1. The van der Waals surface area contributed by atoms with Crippen molar-refractivity contribution in [2.24, 2.45) is 0 Å². The normalized spacial score (nSPS) is 10.3. The topological polar surface area (TPSA) is 78.9 Å². The first-order valence-corrected chi connectivity index (χ1v) is 6.10. The fourth-order valence-corrected chi connectivity index (χ4v) is 1.57. The van der Waals surface area contributed by atoms with Gasteiger partial charge < -0.3 is 20.1 Å². The first-order chi connectivity index (χ1) is 9.86. The van der Waals surface area contributed by atoms with Gasteiger partial charge in [0.2, 0.25) is 0 Å². The molecule has 8 heteroatoms. The molecule has 0 spiro atoms. The Hall–Kier alpha value is -2.22. The number of carboxylic acid groups (broad SMARTS) is 1. The Kier molecular flexibility index (Phi) is 6.04. The molecule has 0 aromatic heterocycles. The van der Waals surface area contributed by atoms with Crippen LogP contribution in [0.15, 0.2) is 12.1 Å². The van der Waals surface area contributed by atoms with Gasteiger partial charge in [0.25, 0.3) is 0 Å². The summed E-state index contributed by atoms with van der Waals surface area (Å²) in [4.78, 5) is 23.9. The fourth-order valence-electron chi connectivity index (χ4n) is 1.57. The predicted molar refractivity (Wildman–Crippen MR) is 71.5 cm³/mol. The maximum absolute atomic E-state index is 13.5. The lowest BCUT2D eigenvalue weighted by Crippen LogP contribution is -2.33. The van der Waals surface area contributed by atoms with E-state index in [1.54, 1.807) is 0 Å². The summed E-state index contributed by atoms with van der Waals surface area (Å²) in [6, 6.07) is 0.533. The number of ether oxygens (including phenoxy) is 1. The van der Waals surface area contributed by atoms with E-state index < -0.39 is 34.9 Å². The molecule has 0 radical (unpaired) electrons. The highest BCUT2D eigenvalue weighted by molar-refractivity contribution is 5.93. The molecule has 0 aliphatic carbocycles. The number of urea groups is 1. The molecule has 1 aromatic rings. The van der Waals surface area contributed by atoms with Crippen LogP contribution in [0.5, 0.6) is 0 Å². The van der Waals surface area contributed by atoms with Crippen molar-refractivity contribution in [2.75, 3.05) is 32.6 Å². The summed E-state index contributed by atoms with van der Waals surface area (Å²) in [5.41, 5.74) is -1.11. The van der Waals surface area contributed by atoms with Crippen LogP contribution in [0.2, 0.25) is 0 Å².